The molecule has 0 aliphatic heterocycles. The number of sulfone groups is 1. The van der Waals surface area contributed by atoms with Crippen molar-refractivity contribution in [3.8, 4) is 0 Å². The van der Waals surface area contributed by atoms with E-state index in [4.69, 9.17) is 0 Å². The van der Waals surface area contributed by atoms with Gasteiger partial charge in [0.25, 0.3) is 0 Å². The van der Waals surface area contributed by atoms with Crippen LogP contribution in [0.4, 0.5) is 8.78 Å². The van der Waals surface area contributed by atoms with Crippen molar-refractivity contribution in [3.05, 3.63) is 35.4 Å². The normalized spacial score (nSPS) is 12.7. The van der Waals surface area contributed by atoms with E-state index >= 15 is 0 Å². The van der Waals surface area contributed by atoms with Crippen LogP contribution in [-0.2, 0) is 16.3 Å². The minimum absolute atomic E-state index is 0.0496. The largest absolute Gasteiger partial charge is 0.315 e. The third-order valence-corrected chi connectivity index (χ3v) is 5.60. The molecule has 0 radical (unpaired) electrons. The first kappa shape index (κ1) is 17.0. The fraction of sp³-hybridized carbons (Fsp3) is 0.571. The molecule has 1 rings (SSSR count). The second-order valence-corrected chi connectivity index (χ2v) is 8.57. The van der Waals surface area contributed by atoms with Gasteiger partial charge in [0.2, 0.25) is 0 Å². The third-order valence-electron chi connectivity index (χ3n) is 2.99. The summed E-state index contributed by atoms with van der Waals surface area (Å²) < 4.78 is 48.8. The fourth-order valence-corrected chi connectivity index (χ4v) is 2.65. The van der Waals surface area contributed by atoms with Gasteiger partial charge in [-0.2, -0.15) is 0 Å². The van der Waals surface area contributed by atoms with E-state index in [9.17, 15) is 17.2 Å². The molecule has 0 fully saturated rings. The molecule has 3 nitrogen and oxygen atoms in total. The third kappa shape index (κ3) is 5.17. The quantitative estimate of drug-likeness (QED) is 0.820. The monoisotopic (exact) mass is 305 g/mol. The Kier molecular flexibility index (Phi) is 5.65. The van der Waals surface area contributed by atoms with Gasteiger partial charge in [-0.3, -0.25) is 0 Å². The smallest absolute Gasteiger partial charge is 0.156 e. The molecule has 20 heavy (non-hydrogen) atoms. The van der Waals surface area contributed by atoms with Crippen LogP contribution >= 0.6 is 0 Å². The second-order valence-electron chi connectivity index (χ2n) is 5.71. The standard InChI is InChI=1S/C14H21F2NO2S/c1-14(2,3)20(18,19)7-6-17-5-4-11-8-12(15)10-13(16)9-11/h8-10,17H,4-7H2,1-3H3. The Labute approximate surface area is 119 Å². The molecule has 0 atom stereocenters. The first-order chi connectivity index (χ1) is 9.12. The summed E-state index contributed by atoms with van der Waals surface area (Å²) in [6.07, 6.45) is 0.449. The summed E-state index contributed by atoms with van der Waals surface area (Å²) in [4.78, 5) is 0. The average molecular weight is 305 g/mol. The van der Waals surface area contributed by atoms with Gasteiger partial charge >= 0.3 is 0 Å². The molecule has 114 valence electrons. The zero-order valence-electron chi connectivity index (χ0n) is 12.0. The van der Waals surface area contributed by atoms with E-state index in [1.807, 2.05) is 0 Å². The van der Waals surface area contributed by atoms with Crippen molar-refractivity contribution < 1.29 is 17.2 Å². The Morgan fingerprint density at radius 2 is 1.60 bits per heavy atom. The van der Waals surface area contributed by atoms with Gasteiger partial charge in [-0.15, -0.1) is 0 Å². The van der Waals surface area contributed by atoms with Crippen molar-refractivity contribution in [2.75, 3.05) is 18.8 Å². The van der Waals surface area contributed by atoms with Crippen LogP contribution in [0.2, 0.25) is 0 Å². The lowest BCUT2D eigenvalue weighted by Crippen LogP contribution is -2.35. The lowest BCUT2D eigenvalue weighted by molar-refractivity contribution is 0.556. The Morgan fingerprint density at radius 3 is 2.10 bits per heavy atom. The predicted molar refractivity (Wildman–Crippen MR) is 76.5 cm³/mol. The summed E-state index contributed by atoms with van der Waals surface area (Å²) in [5.74, 6) is -1.15. The van der Waals surface area contributed by atoms with Gasteiger partial charge in [-0.1, -0.05) is 0 Å². The van der Waals surface area contributed by atoms with Gasteiger partial charge < -0.3 is 5.32 Å². The first-order valence-corrected chi connectivity index (χ1v) is 8.15. The maximum absolute atomic E-state index is 13.0. The molecule has 0 aliphatic rings. The first-order valence-electron chi connectivity index (χ1n) is 6.50. The highest BCUT2D eigenvalue weighted by molar-refractivity contribution is 7.92. The minimum Gasteiger partial charge on any atom is -0.315 e. The Hall–Kier alpha value is -1.01. The van der Waals surface area contributed by atoms with Crippen molar-refractivity contribution in [1.82, 2.24) is 5.32 Å². The van der Waals surface area contributed by atoms with Crippen LogP contribution in [0.1, 0.15) is 26.3 Å². The van der Waals surface area contributed by atoms with Gasteiger partial charge in [0, 0.05) is 12.6 Å². The molecule has 0 spiro atoms. The van der Waals surface area contributed by atoms with Gasteiger partial charge in [0.15, 0.2) is 9.84 Å². The fourth-order valence-electron chi connectivity index (χ4n) is 1.63. The van der Waals surface area contributed by atoms with Crippen LogP contribution in [0.5, 0.6) is 0 Å². The molecule has 1 aromatic carbocycles. The van der Waals surface area contributed by atoms with Crippen LogP contribution in [-0.4, -0.2) is 32.0 Å². The Morgan fingerprint density at radius 1 is 1.05 bits per heavy atom. The summed E-state index contributed by atoms with van der Waals surface area (Å²) in [6, 6.07) is 3.38. The summed E-state index contributed by atoms with van der Waals surface area (Å²) in [5, 5.41) is 2.98. The molecule has 0 heterocycles. The van der Waals surface area contributed by atoms with Crippen molar-refractivity contribution in [2.24, 2.45) is 0 Å². The molecule has 0 amide bonds. The van der Waals surface area contributed by atoms with E-state index in [1.165, 1.54) is 12.1 Å². The molecule has 0 aliphatic carbocycles. The lowest BCUT2D eigenvalue weighted by atomic mass is 10.1. The second kappa shape index (κ2) is 6.63. The van der Waals surface area contributed by atoms with Gasteiger partial charge in [0.05, 0.1) is 10.5 Å². The van der Waals surface area contributed by atoms with Crippen LogP contribution < -0.4 is 5.32 Å². The number of rotatable bonds is 6. The van der Waals surface area contributed by atoms with Gasteiger partial charge in [-0.05, 0) is 51.4 Å². The highest BCUT2D eigenvalue weighted by atomic mass is 32.2. The van der Waals surface area contributed by atoms with Crippen LogP contribution in [0, 0.1) is 11.6 Å². The van der Waals surface area contributed by atoms with Crippen molar-refractivity contribution >= 4 is 9.84 Å². The molecule has 0 saturated heterocycles. The zero-order valence-corrected chi connectivity index (χ0v) is 12.9. The molecule has 1 aromatic rings. The maximum Gasteiger partial charge on any atom is 0.156 e. The number of hydrogen-bond acceptors (Lipinski definition) is 3. The molecule has 0 bridgehead atoms. The Bertz CT molecular complexity index is 531. The SMILES string of the molecule is CC(C)(C)S(=O)(=O)CCNCCc1cc(F)cc(F)c1. The van der Waals surface area contributed by atoms with Crippen LogP contribution in [0.15, 0.2) is 18.2 Å². The summed E-state index contributed by atoms with van der Waals surface area (Å²) in [7, 11) is -3.14. The maximum atomic E-state index is 13.0. The van der Waals surface area contributed by atoms with Crippen LogP contribution in [0.3, 0.4) is 0 Å². The summed E-state index contributed by atoms with van der Waals surface area (Å²) in [5.41, 5.74) is 0.550. The highest BCUT2D eigenvalue weighted by Gasteiger charge is 2.27. The van der Waals surface area contributed by atoms with Gasteiger partial charge in [-0.25, -0.2) is 17.2 Å². The topological polar surface area (TPSA) is 46.2 Å². The van der Waals surface area contributed by atoms with E-state index in [0.29, 0.717) is 25.1 Å². The Balaban J connectivity index is 2.36. The molecule has 6 heteroatoms. The van der Waals surface area contributed by atoms with E-state index in [0.717, 1.165) is 6.07 Å². The molecular formula is C14H21F2NO2S. The summed E-state index contributed by atoms with van der Waals surface area (Å²) in [6.45, 7) is 5.80. The number of halogens is 2. The summed E-state index contributed by atoms with van der Waals surface area (Å²) >= 11 is 0. The van der Waals surface area contributed by atoms with E-state index < -0.39 is 26.2 Å². The van der Waals surface area contributed by atoms with E-state index in [1.54, 1.807) is 20.8 Å². The van der Waals surface area contributed by atoms with Crippen LogP contribution in [0.25, 0.3) is 0 Å². The minimum atomic E-state index is -3.14. The zero-order chi connectivity index (χ0) is 15.4. The molecule has 0 unspecified atom stereocenters. The molecular weight excluding hydrogens is 284 g/mol. The van der Waals surface area contributed by atoms with Crippen molar-refractivity contribution in [1.29, 1.82) is 0 Å². The van der Waals surface area contributed by atoms with Crippen molar-refractivity contribution in [3.63, 3.8) is 0 Å². The number of nitrogens with one attached hydrogen (secondary N) is 1. The predicted octanol–water partition coefficient (Wildman–Crippen LogP) is 2.31. The number of benzene rings is 1. The van der Waals surface area contributed by atoms with E-state index in [2.05, 4.69) is 5.32 Å². The average Bonchev–Trinajstić information content (AvgIpc) is 2.25. The lowest BCUT2D eigenvalue weighted by Gasteiger charge is -2.19. The highest BCUT2D eigenvalue weighted by Crippen LogP contribution is 2.15. The van der Waals surface area contributed by atoms with E-state index in [-0.39, 0.29) is 5.75 Å². The molecule has 1 N–H and O–H groups in total. The van der Waals surface area contributed by atoms with Gasteiger partial charge in [0.1, 0.15) is 11.6 Å². The van der Waals surface area contributed by atoms with Crippen molar-refractivity contribution in [2.45, 2.75) is 31.9 Å². The number of hydrogen-bond donors (Lipinski definition) is 1. The molecule has 0 saturated carbocycles. The molecule has 0 aromatic heterocycles.